The van der Waals surface area contributed by atoms with Crippen LogP contribution in [0.5, 0.6) is 0 Å². The number of carbonyl (C=O) groups excluding carboxylic acids is 1. The van der Waals surface area contributed by atoms with Crippen LogP contribution in [0.4, 0.5) is 0 Å². The van der Waals surface area contributed by atoms with Gasteiger partial charge >= 0.3 is 0 Å². The van der Waals surface area contributed by atoms with Gasteiger partial charge in [0.1, 0.15) is 0 Å². The van der Waals surface area contributed by atoms with Crippen molar-refractivity contribution >= 4 is 17.2 Å². The largest absolute Gasteiger partial charge is 0.350 e. The molecule has 1 aromatic rings. The minimum atomic E-state index is 0.0970. The van der Waals surface area contributed by atoms with E-state index < -0.39 is 0 Å². The lowest BCUT2D eigenvalue weighted by Crippen LogP contribution is -2.32. The fourth-order valence-electron chi connectivity index (χ4n) is 2.82. The lowest BCUT2D eigenvalue weighted by atomic mass is 9.77. The molecule has 0 bridgehead atoms. The minimum Gasteiger partial charge on any atom is -0.350 e. The van der Waals surface area contributed by atoms with E-state index in [0.717, 1.165) is 30.8 Å². The molecule has 0 unspecified atom stereocenters. The van der Waals surface area contributed by atoms with Gasteiger partial charge in [-0.15, -0.1) is 11.3 Å². The van der Waals surface area contributed by atoms with Gasteiger partial charge in [0.05, 0.1) is 4.88 Å². The fourth-order valence-corrected chi connectivity index (χ4v) is 3.92. The zero-order valence-electron chi connectivity index (χ0n) is 12.4. The topological polar surface area (TPSA) is 41.1 Å². The van der Waals surface area contributed by atoms with Crippen molar-refractivity contribution in [3.8, 4) is 0 Å². The van der Waals surface area contributed by atoms with E-state index in [1.54, 1.807) is 11.3 Å². The van der Waals surface area contributed by atoms with Crippen molar-refractivity contribution in [2.45, 2.75) is 52.0 Å². The van der Waals surface area contributed by atoms with Gasteiger partial charge in [0.15, 0.2) is 0 Å². The average molecular weight is 292 g/mol. The maximum absolute atomic E-state index is 12.2. The third kappa shape index (κ3) is 3.41. The Morgan fingerprint density at radius 2 is 2.20 bits per heavy atom. The molecule has 0 radical (unpaired) electrons. The summed E-state index contributed by atoms with van der Waals surface area (Å²) in [6.07, 6.45) is 6.05. The van der Waals surface area contributed by atoms with Crippen molar-refractivity contribution < 1.29 is 4.79 Å². The number of thiophene rings is 1. The van der Waals surface area contributed by atoms with E-state index in [-0.39, 0.29) is 5.91 Å². The highest BCUT2D eigenvalue weighted by atomic mass is 32.1. The van der Waals surface area contributed by atoms with Gasteiger partial charge in [0.2, 0.25) is 0 Å². The van der Waals surface area contributed by atoms with Gasteiger partial charge in [0.25, 0.3) is 5.91 Å². The average Bonchev–Trinajstić information content (AvgIpc) is 3.12. The maximum atomic E-state index is 12.2. The molecule has 20 heavy (non-hydrogen) atoms. The second kappa shape index (κ2) is 5.49. The smallest absolute Gasteiger partial charge is 0.261 e. The molecule has 2 aliphatic rings. The minimum absolute atomic E-state index is 0.0970. The Labute approximate surface area is 125 Å². The molecule has 4 heteroatoms. The van der Waals surface area contributed by atoms with Crippen LogP contribution in [0.15, 0.2) is 6.07 Å². The van der Waals surface area contributed by atoms with Crippen LogP contribution in [0, 0.1) is 5.41 Å². The fraction of sp³-hybridized carbons (Fsp3) is 0.688. The van der Waals surface area contributed by atoms with E-state index in [9.17, 15) is 4.79 Å². The number of carbonyl (C=O) groups is 1. The molecule has 0 spiro atoms. The number of fused-ring (bicyclic) bond motifs is 1. The van der Waals surface area contributed by atoms with Crippen LogP contribution in [0.3, 0.4) is 0 Å². The molecule has 3 nitrogen and oxygen atoms in total. The lowest BCUT2D eigenvalue weighted by molar-refractivity contribution is 0.0958. The highest BCUT2D eigenvalue weighted by Crippen LogP contribution is 2.38. The summed E-state index contributed by atoms with van der Waals surface area (Å²) in [5, 5.41) is 6.43. The normalized spacial score (nSPS) is 20.5. The van der Waals surface area contributed by atoms with Gasteiger partial charge in [-0.3, -0.25) is 4.79 Å². The summed E-state index contributed by atoms with van der Waals surface area (Å²) in [6.45, 7) is 6.24. The third-order valence-electron chi connectivity index (χ3n) is 4.24. The number of hydrogen-bond acceptors (Lipinski definition) is 3. The van der Waals surface area contributed by atoms with Crippen molar-refractivity contribution in [1.29, 1.82) is 0 Å². The van der Waals surface area contributed by atoms with Crippen LogP contribution in [0.1, 0.15) is 53.2 Å². The Bertz CT molecular complexity index is 503. The van der Waals surface area contributed by atoms with Gasteiger partial charge in [0, 0.05) is 24.0 Å². The summed E-state index contributed by atoms with van der Waals surface area (Å²) in [7, 11) is 0. The van der Waals surface area contributed by atoms with Gasteiger partial charge in [-0.1, -0.05) is 13.8 Å². The molecule has 0 atom stereocenters. The van der Waals surface area contributed by atoms with E-state index in [1.807, 2.05) is 0 Å². The summed E-state index contributed by atoms with van der Waals surface area (Å²) < 4.78 is 0. The quantitative estimate of drug-likeness (QED) is 0.819. The Morgan fingerprint density at radius 1 is 1.40 bits per heavy atom. The number of aryl methyl sites for hydroxylation is 1. The van der Waals surface area contributed by atoms with Crippen molar-refractivity contribution in [1.82, 2.24) is 10.6 Å². The molecule has 1 amide bonds. The molecule has 1 aromatic heterocycles. The van der Waals surface area contributed by atoms with Crippen molar-refractivity contribution in [2.24, 2.45) is 5.41 Å². The number of nitrogens with one attached hydrogen (secondary N) is 2. The Morgan fingerprint density at radius 3 is 2.95 bits per heavy atom. The number of amides is 1. The lowest BCUT2D eigenvalue weighted by Gasteiger charge is -2.29. The van der Waals surface area contributed by atoms with Gasteiger partial charge in [-0.05, 0) is 49.1 Å². The summed E-state index contributed by atoms with van der Waals surface area (Å²) in [6, 6.07) is 2.83. The second-order valence-corrected chi connectivity index (χ2v) is 8.02. The molecule has 0 saturated heterocycles. The van der Waals surface area contributed by atoms with E-state index in [2.05, 4.69) is 30.5 Å². The molecule has 1 saturated carbocycles. The van der Waals surface area contributed by atoms with Crippen molar-refractivity contribution in [2.75, 3.05) is 13.1 Å². The van der Waals surface area contributed by atoms with Gasteiger partial charge < -0.3 is 10.6 Å². The van der Waals surface area contributed by atoms with E-state index in [4.69, 9.17) is 0 Å². The Balaban J connectivity index is 1.54. The van der Waals surface area contributed by atoms with Crippen LogP contribution in [0.25, 0.3) is 0 Å². The molecular formula is C16H24N2OS. The highest BCUT2D eigenvalue weighted by molar-refractivity contribution is 7.14. The molecule has 3 rings (SSSR count). The van der Waals surface area contributed by atoms with E-state index in [1.165, 1.54) is 29.7 Å². The summed E-state index contributed by atoms with van der Waals surface area (Å²) >= 11 is 1.69. The molecule has 1 heterocycles. The van der Waals surface area contributed by atoms with Crippen LogP contribution < -0.4 is 10.6 Å². The number of hydrogen-bond donors (Lipinski definition) is 2. The maximum Gasteiger partial charge on any atom is 0.261 e. The van der Waals surface area contributed by atoms with Crippen LogP contribution >= 0.6 is 11.3 Å². The van der Waals surface area contributed by atoms with Crippen molar-refractivity contribution in [3.63, 3.8) is 0 Å². The van der Waals surface area contributed by atoms with Gasteiger partial charge in [-0.2, -0.15) is 0 Å². The number of rotatable bonds is 5. The molecule has 2 aliphatic carbocycles. The van der Waals surface area contributed by atoms with E-state index in [0.29, 0.717) is 11.5 Å². The predicted octanol–water partition coefficient (Wildman–Crippen LogP) is 2.74. The monoisotopic (exact) mass is 292 g/mol. The molecule has 2 N–H and O–H groups in total. The molecule has 0 aliphatic heterocycles. The predicted molar refractivity (Wildman–Crippen MR) is 83.5 cm³/mol. The van der Waals surface area contributed by atoms with Crippen LogP contribution in [0.2, 0.25) is 0 Å². The van der Waals surface area contributed by atoms with E-state index >= 15 is 0 Å². The first-order valence-electron chi connectivity index (χ1n) is 7.67. The summed E-state index contributed by atoms with van der Waals surface area (Å²) in [5.41, 5.74) is 1.78. The second-order valence-electron chi connectivity index (χ2n) is 6.88. The molecular weight excluding hydrogens is 268 g/mol. The van der Waals surface area contributed by atoms with Crippen molar-refractivity contribution in [3.05, 3.63) is 21.4 Å². The first-order chi connectivity index (χ1) is 9.53. The first kappa shape index (κ1) is 14.1. The summed E-state index contributed by atoms with van der Waals surface area (Å²) in [5.74, 6) is 0.0970. The zero-order chi connectivity index (χ0) is 14.2. The Kier molecular flexibility index (Phi) is 3.87. The van der Waals surface area contributed by atoms with Crippen LogP contribution in [-0.2, 0) is 12.8 Å². The first-order valence-corrected chi connectivity index (χ1v) is 8.48. The molecule has 110 valence electrons. The molecule has 0 aromatic carbocycles. The zero-order valence-corrected chi connectivity index (χ0v) is 13.2. The summed E-state index contributed by atoms with van der Waals surface area (Å²) in [4.78, 5) is 14.5. The molecule has 1 fully saturated rings. The third-order valence-corrected chi connectivity index (χ3v) is 5.48. The van der Waals surface area contributed by atoms with Crippen LogP contribution in [-0.4, -0.2) is 25.0 Å². The standard InChI is InChI=1S/C16H24N2OS/c1-16(2)6-5-13-11(10-16)9-14(20-13)15(19)18-8-7-17-12-3-4-12/h9,12,17H,3-8,10H2,1-2H3,(H,18,19). The van der Waals surface area contributed by atoms with Gasteiger partial charge in [-0.25, -0.2) is 0 Å². The Hall–Kier alpha value is -0.870. The SMILES string of the molecule is CC1(C)CCc2sc(C(=O)NCCNC3CC3)cc2C1. The highest BCUT2D eigenvalue weighted by Gasteiger charge is 2.27.